The predicted molar refractivity (Wildman–Crippen MR) is 122 cm³/mol. The molecule has 1 aliphatic carbocycles. The minimum absolute atomic E-state index is 0.168. The predicted octanol–water partition coefficient (Wildman–Crippen LogP) is 6.08. The van der Waals surface area contributed by atoms with Crippen molar-refractivity contribution in [3.05, 3.63) is 81.5 Å². The molecular formula is C26H25NO3S. The lowest BCUT2D eigenvalue weighted by Gasteiger charge is -2.45. The molecule has 6 rings (SSSR count). The number of ether oxygens (including phenoxy) is 1. The quantitative estimate of drug-likeness (QED) is 0.547. The monoisotopic (exact) mass is 431 g/mol. The smallest absolute Gasteiger partial charge is 0.407 e. The molecule has 31 heavy (non-hydrogen) atoms. The number of likely N-dealkylation sites (tertiary alicyclic amines) is 1. The minimum atomic E-state index is -0.829. The average molecular weight is 432 g/mol. The van der Waals surface area contributed by atoms with Gasteiger partial charge in [-0.05, 0) is 64.9 Å². The maximum absolute atomic E-state index is 12.4. The third-order valence-electron chi connectivity index (χ3n) is 7.44. The van der Waals surface area contributed by atoms with Crippen LogP contribution in [-0.2, 0) is 11.2 Å². The highest BCUT2D eigenvalue weighted by Crippen LogP contribution is 2.55. The molecule has 2 aliphatic heterocycles. The molecule has 3 heterocycles. The Balaban J connectivity index is 1.50. The van der Waals surface area contributed by atoms with E-state index < -0.39 is 11.6 Å². The second-order valence-electron chi connectivity index (χ2n) is 8.88. The van der Waals surface area contributed by atoms with Crippen molar-refractivity contribution in [1.29, 1.82) is 0 Å². The molecule has 1 N–H and O–H groups in total. The Morgan fingerprint density at radius 1 is 1.10 bits per heavy atom. The van der Waals surface area contributed by atoms with E-state index >= 15 is 0 Å². The summed E-state index contributed by atoms with van der Waals surface area (Å²) in [4.78, 5) is 15.4. The number of carboxylic acid groups (broad SMARTS) is 1. The molecule has 4 nitrogen and oxygen atoms in total. The third-order valence-corrected chi connectivity index (χ3v) is 8.45. The van der Waals surface area contributed by atoms with Crippen molar-refractivity contribution in [3.63, 3.8) is 0 Å². The van der Waals surface area contributed by atoms with E-state index in [2.05, 4.69) is 60.0 Å². The maximum Gasteiger partial charge on any atom is 0.407 e. The first-order valence-electron chi connectivity index (χ1n) is 11.1. The molecule has 2 atom stereocenters. The molecule has 0 spiro atoms. The van der Waals surface area contributed by atoms with Gasteiger partial charge in [-0.2, -0.15) is 0 Å². The van der Waals surface area contributed by atoms with Gasteiger partial charge in [-0.1, -0.05) is 48.5 Å². The summed E-state index contributed by atoms with van der Waals surface area (Å²) in [7, 11) is 0. The normalized spacial score (nSPS) is 24.6. The molecule has 3 aromatic rings. The molecule has 0 saturated carbocycles. The Labute approximate surface area is 186 Å². The van der Waals surface area contributed by atoms with Crippen molar-refractivity contribution in [2.24, 2.45) is 0 Å². The van der Waals surface area contributed by atoms with Crippen LogP contribution >= 0.6 is 11.3 Å². The first-order valence-corrected chi connectivity index (χ1v) is 11.9. The molecule has 158 valence electrons. The second kappa shape index (κ2) is 7.21. The van der Waals surface area contributed by atoms with E-state index in [-0.39, 0.29) is 12.0 Å². The zero-order valence-corrected chi connectivity index (χ0v) is 18.1. The summed E-state index contributed by atoms with van der Waals surface area (Å²) in [6.07, 6.45) is 2.34. The van der Waals surface area contributed by atoms with Crippen LogP contribution in [0.4, 0.5) is 4.79 Å². The Morgan fingerprint density at radius 3 is 2.52 bits per heavy atom. The molecule has 2 unspecified atom stereocenters. The van der Waals surface area contributed by atoms with Gasteiger partial charge in [0.05, 0.1) is 12.1 Å². The van der Waals surface area contributed by atoms with Gasteiger partial charge in [-0.15, -0.1) is 11.3 Å². The van der Waals surface area contributed by atoms with E-state index in [1.807, 2.05) is 0 Å². The van der Waals surface area contributed by atoms with Crippen LogP contribution in [-0.4, -0.2) is 34.8 Å². The Morgan fingerprint density at radius 2 is 1.81 bits per heavy atom. The van der Waals surface area contributed by atoms with E-state index in [1.54, 1.807) is 16.2 Å². The van der Waals surface area contributed by atoms with Gasteiger partial charge >= 0.3 is 6.09 Å². The van der Waals surface area contributed by atoms with Crippen LogP contribution in [0.2, 0.25) is 0 Å². The fourth-order valence-electron chi connectivity index (χ4n) is 6.16. The summed E-state index contributed by atoms with van der Waals surface area (Å²) in [5.74, 6) is 0.168. The highest BCUT2D eigenvalue weighted by Gasteiger charge is 2.54. The summed E-state index contributed by atoms with van der Waals surface area (Å²) >= 11 is 1.72. The van der Waals surface area contributed by atoms with Gasteiger partial charge in [-0.3, -0.25) is 4.90 Å². The molecular weight excluding hydrogens is 406 g/mol. The molecule has 0 radical (unpaired) electrons. The fourth-order valence-corrected chi connectivity index (χ4v) is 7.27. The molecule has 2 aromatic carbocycles. The summed E-state index contributed by atoms with van der Waals surface area (Å²) in [5.41, 5.74) is 5.94. The number of hydrogen-bond donors (Lipinski definition) is 1. The summed E-state index contributed by atoms with van der Waals surface area (Å²) in [6.45, 7) is 1.23. The first-order chi connectivity index (χ1) is 15.2. The molecule has 3 aliphatic rings. The number of thiophene rings is 1. The van der Waals surface area contributed by atoms with Gasteiger partial charge in [0.1, 0.15) is 6.10 Å². The Bertz CT molecular complexity index is 1110. The molecule has 1 aromatic heterocycles. The van der Waals surface area contributed by atoms with Crippen molar-refractivity contribution in [2.75, 3.05) is 13.2 Å². The van der Waals surface area contributed by atoms with Crippen LogP contribution in [0.15, 0.2) is 60.0 Å². The van der Waals surface area contributed by atoms with Gasteiger partial charge in [-0.25, -0.2) is 4.79 Å². The topological polar surface area (TPSA) is 49.8 Å². The lowest BCUT2D eigenvalue weighted by molar-refractivity contribution is -0.0629. The SMILES string of the molecule is O=C(O)N1CCCC1(CC1c2ccccc2-c2ccccc21)C1OCCc2ccsc21. The van der Waals surface area contributed by atoms with E-state index in [4.69, 9.17) is 4.74 Å². The third kappa shape index (κ3) is 2.80. The molecule has 1 saturated heterocycles. The van der Waals surface area contributed by atoms with Crippen LogP contribution in [0.25, 0.3) is 11.1 Å². The Kier molecular flexibility index (Phi) is 4.44. The fraction of sp³-hybridized carbons (Fsp3) is 0.346. The molecule has 1 fully saturated rings. The largest absolute Gasteiger partial charge is 0.465 e. The zero-order chi connectivity index (χ0) is 21.0. The molecule has 1 amide bonds. The van der Waals surface area contributed by atoms with Gasteiger partial charge in [0, 0.05) is 17.3 Å². The van der Waals surface area contributed by atoms with Crippen molar-refractivity contribution in [2.45, 2.75) is 43.2 Å². The highest BCUT2D eigenvalue weighted by molar-refractivity contribution is 7.10. The lowest BCUT2D eigenvalue weighted by Crippen LogP contribution is -2.53. The van der Waals surface area contributed by atoms with Gasteiger partial charge in [0.25, 0.3) is 0 Å². The minimum Gasteiger partial charge on any atom is -0.465 e. The number of fused-ring (bicyclic) bond motifs is 4. The molecule has 5 heteroatoms. The summed E-state index contributed by atoms with van der Waals surface area (Å²) in [5, 5.41) is 12.3. The summed E-state index contributed by atoms with van der Waals surface area (Å²) in [6, 6.07) is 19.4. The highest BCUT2D eigenvalue weighted by atomic mass is 32.1. The van der Waals surface area contributed by atoms with Gasteiger partial charge in [0.2, 0.25) is 0 Å². The van der Waals surface area contributed by atoms with Gasteiger partial charge in [0.15, 0.2) is 0 Å². The lowest BCUT2D eigenvalue weighted by atomic mass is 9.75. The number of nitrogens with zero attached hydrogens (tertiary/aromatic N) is 1. The van der Waals surface area contributed by atoms with Crippen LogP contribution in [0.1, 0.15) is 52.9 Å². The number of amides is 1. The van der Waals surface area contributed by atoms with Crippen LogP contribution in [0, 0.1) is 0 Å². The Hall–Kier alpha value is -2.63. The van der Waals surface area contributed by atoms with E-state index in [0.29, 0.717) is 13.2 Å². The van der Waals surface area contributed by atoms with Crippen LogP contribution in [0.3, 0.4) is 0 Å². The average Bonchev–Trinajstić information content (AvgIpc) is 3.51. The van der Waals surface area contributed by atoms with Crippen molar-refractivity contribution in [1.82, 2.24) is 4.90 Å². The number of benzene rings is 2. The van der Waals surface area contributed by atoms with Crippen LogP contribution in [0.5, 0.6) is 0 Å². The second-order valence-corrected chi connectivity index (χ2v) is 9.83. The van der Waals surface area contributed by atoms with Gasteiger partial charge < -0.3 is 9.84 Å². The zero-order valence-electron chi connectivity index (χ0n) is 17.3. The van der Waals surface area contributed by atoms with Crippen molar-refractivity contribution < 1.29 is 14.6 Å². The van der Waals surface area contributed by atoms with E-state index in [1.165, 1.54) is 32.7 Å². The number of rotatable bonds is 3. The standard InChI is InChI=1S/C26H25NO3S/c28-25(29)27-13-5-12-26(27,24-23-17(10-14-30-24)11-15-31-23)16-22-20-8-3-1-6-18(20)19-7-2-4-9-21(19)22/h1-4,6-9,11,15,22,24H,5,10,12-14,16H2,(H,28,29). The van der Waals surface area contributed by atoms with E-state index in [0.717, 1.165) is 25.7 Å². The molecule has 0 bridgehead atoms. The maximum atomic E-state index is 12.4. The summed E-state index contributed by atoms with van der Waals surface area (Å²) < 4.78 is 6.42. The van der Waals surface area contributed by atoms with Crippen molar-refractivity contribution >= 4 is 17.4 Å². The van der Waals surface area contributed by atoms with Crippen molar-refractivity contribution in [3.8, 4) is 11.1 Å². The first kappa shape index (κ1) is 19.1. The number of hydrogen-bond acceptors (Lipinski definition) is 3. The number of carbonyl (C=O) groups is 1. The van der Waals surface area contributed by atoms with Crippen LogP contribution < -0.4 is 0 Å². The van der Waals surface area contributed by atoms with E-state index in [9.17, 15) is 9.90 Å².